The van der Waals surface area contributed by atoms with Crippen molar-refractivity contribution >= 4 is 5.91 Å². The molecule has 1 amide bonds. The van der Waals surface area contributed by atoms with Crippen molar-refractivity contribution in [2.24, 2.45) is 11.3 Å². The number of rotatable bonds is 4. The fourth-order valence-corrected chi connectivity index (χ4v) is 4.01. The summed E-state index contributed by atoms with van der Waals surface area (Å²) >= 11 is 0. The normalized spacial score (nSPS) is 28.6. The van der Waals surface area contributed by atoms with Crippen LogP contribution in [0.15, 0.2) is 24.5 Å². The second-order valence-corrected chi connectivity index (χ2v) is 6.74. The molecule has 3 heterocycles. The molecule has 5 heteroatoms. The minimum atomic E-state index is 0.145. The van der Waals surface area contributed by atoms with E-state index < -0.39 is 0 Å². The first-order chi connectivity index (χ1) is 10.6. The van der Waals surface area contributed by atoms with Crippen LogP contribution in [0.4, 0.5) is 0 Å². The molecule has 0 spiro atoms. The summed E-state index contributed by atoms with van der Waals surface area (Å²) in [5.41, 5.74) is 1.40. The van der Waals surface area contributed by atoms with E-state index in [0.717, 1.165) is 45.8 Å². The van der Waals surface area contributed by atoms with Crippen LogP contribution in [0.1, 0.15) is 18.9 Å². The van der Waals surface area contributed by atoms with Gasteiger partial charge in [0, 0.05) is 58.0 Å². The standard InChI is InChI=1S/C17H25N3O2/c1-14(21)20-11-16-10-19(9-15-4-3-6-18-8-15)7-5-17(16,12-20)13-22-2/h3-4,6,8,16H,5,7,9-13H2,1-2H3/t16-,17+/m1/s1. The molecule has 120 valence electrons. The minimum Gasteiger partial charge on any atom is -0.384 e. The summed E-state index contributed by atoms with van der Waals surface area (Å²) in [6.45, 7) is 7.16. The fraction of sp³-hybridized carbons (Fsp3) is 0.647. The number of pyridine rings is 1. The SMILES string of the molecule is COC[C@@]12CCN(Cc3cccnc3)C[C@@H]1CN(C(C)=O)C2. The Bertz CT molecular complexity index is 522. The molecule has 1 aromatic heterocycles. The lowest BCUT2D eigenvalue weighted by molar-refractivity contribution is -0.128. The number of carbonyl (C=O) groups excluding carboxylic acids is 1. The lowest BCUT2D eigenvalue weighted by atomic mass is 9.73. The molecule has 2 aliphatic heterocycles. The highest BCUT2D eigenvalue weighted by molar-refractivity contribution is 5.73. The number of piperidine rings is 1. The van der Waals surface area contributed by atoms with Crippen molar-refractivity contribution in [3.8, 4) is 0 Å². The predicted octanol–water partition coefficient (Wildman–Crippen LogP) is 1.40. The molecule has 0 saturated carbocycles. The Labute approximate surface area is 132 Å². The van der Waals surface area contributed by atoms with Crippen LogP contribution in [0.25, 0.3) is 0 Å². The summed E-state index contributed by atoms with van der Waals surface area (Å²) in [7, 11) is 1.77. The van der Waals surface area contributed by atoms with Crippen LogP contribution >= 0.6 is 0 Å². The molecule has 2 aliphatic rings. The molecule has 5 nitrogen and oxygen atoms in total. The molecular weight excluding hydrogens is 278 g/mol. The Morgan fingerprint density at radius 1 is 1.50 bits per heavy atom. The average Bonchev–Trinajstić information content (AvgIpc) is 2.88. The Kier molecular flexibility index (Phi) is 4.45. The molecule has 2 fully saturated rings. The highest BCUT2D eigenvalue weighted by atomic mass is 16.5. The highest BCUT2D eigenvalue weighted by Crippen LogP contribution is 2.43. The lowest BCUT2D eigenvalue weighted by Crippen LogP contribution is -2.48. The van der Waals surface area contributed by atoms with E-state index in [2.05, 4.69) is 16.0 Å². The van der Waals surface area contributed by atoms with Crippen LogP contribution in [0.2, 0.25) is 0 Å². The molecule has 0 radical (unpaired) electrons. The molecule has 1 aromatic rings. The van der Waals surface area contributed by atoms with Gasteiger partial charge in [-0.05, 0) is 30.5 Å². The van der Waals surface area contributed by atoms with Crippen molar-refractivity contribution in [3.05, 3.63) is 30.1 Å². The molecule has 0 N–H and O–H groups in total. The number of aromatic nitrogens is 1. The Hall–Kier alpha value is -1.46. The second-order valence-electron chi connectivity index (χ2n) is 6.74. The van der Waals surface area contributed by atoms with E-state index in [9.17, 15) is 4.79 Å². The monoisotopic (exact) mass is 303 g/mol. The lowest BCUT2D eigenvalue weighted by Gasteiger charge is -2.43. The van der Waals surface area contributed by atoms with E-state index in [1.807, 2.05) is 23.4 Å². The summed E-state index contributed by atoms with van der Waals surface area (Å²) in [5.74, 6) is 0.686. The van der Waals surface area contributed by atoms with Crippen molar-refractivity contribution in [3.63, 3.8) is 0 Å². The van der Waals surface area contributed by atoms with Gasteiger partial charge < -0.3 is 9.64 Å². The van der Waals surface area contributed by atoms with Gasteiger partial charge in [0.15, 0.2) is 0 Å². The van der Waals surface area contributed by atoms with Crippen LogP contribution < -0.4 is 0 Å². The number of fused-ring (bicyclic) bond motifs is 1. The van der Waals surface area contributed by atoms with E-state index in [1.54, 1.807) is 14.0 Å². The van der Waals surface area contributed by atoms with Gasteiger partial charge in [0.1, 0.15) is 0 Å². The Morgan fingerprint density at radius 3 is 3.05 bits per heavy atom. The second kappa shape index (κ2) is 6.34. The van der Waals surface area contributed by atoms with E-state index in [0.29, 0.717) is 5.92 Å². The topological polar surface area (TPSA) is 45.7 Å². The largest absolute Gasteiger partial charge is 0.384 e. The Balaban J connectivity index is 1.69. The number of carbonyl (C=O) groups is 1. The molecule has 2 saturated heterocycles. The van der Waals surface area contributed by atoms with Crippen LogP contribution in [-0.2, 0) is 16.1 Å². The molecule has 0 unspecified atom stereocenters. The molecule has 2 atom stereocenters. The zero-order valence-electron chi connectivity index (χ0n) is 13.5. The van der Waals surface area contributed by atoms with Gasteiger partial charge in [-0.25, -0.2) is 0 Å². The number of nitrogens with zero attached hydrogens (tertiary/aromatic N) is 3. The summed E-state index contributed by atoms with van der Waals surface area (Å²) in [5, 5.41) is 0. The molecule has 0 bridgehead atoms. The third-order valence-corrected chi connectivity index (χ3v) is 5.22. The van der Waals surface area contributed by atoms with Gasteiger partial charge in [-0.2, -0.15) is 0 Å². The van der Waals surface area contributed by atoms with Crippen molar-refractivity contribution in [2.75, 3.05) is 39.9 Å². The van der Waals surface area contributed by atoms with Crippen LogP contribution in [0, 0.1) is 11.3 Å². The predicted molar refractivity (Wildman–Crippen MR) is 84.2 cm³/mol. The summed E-state index contributed by atoms with van der Waals surface area (Å²) in [4.78, 5) is 20.4. The first-order valence-electron chi connectivity index (χ1n) is 7.99. The molecule has 0 aromatic carbocycles. The van der Waals surface area contributed by atoms with Gasteiger partial charge in [-0.3, -0.25) is 14.7 Å². The average molecular weight is 303 g/mol. The van der Waals surface area contributed by atoms with Gasteiger partial charge in [0.2, 0.25) is 5.91 Å². The van der Waals surface area contributed by atoms with Crippen molar-refractivity contribution < 1.29 is 9.53 Å². The smallest absolute Gasteiger partial charge is 0.219 e. The van der Waals surface area contributed by atoms with Gasteiger partial charge in [-0.1, -0.05) is 6.07 Å². The van der Waals surface area contributed by atoms with E-state index in [1.165, 1.54) is 5.56 Å². The maximum atomic E-state index is 11.8. The molecule has 22 heavy (non-hydrogen) atoms. The quantitative estimate of drug-likeness (QED) is 0.843. The molecular formula is C17H25N3O2. The third kappa shape index (κ3) is 3.01. The van der Waals surface area contributed by atoms with Gasteiger partial charge in [0.25, 0.3) is 0 Å². The number of methoxy groups -OCH3 is 1. The zero-order valence-corrected chi connectivity index (χ0v) is 13.5. The zero-order chi connectivity index (χ0) is 15.6. The van der Waals surface area contributed by atoms with E-state index >= 15 is 0 Å². The first-order valence-corrected chi connectivity index (χ1v) is 7.99. The fourth-order valence-electron chi connectivity index (χ4n) is 4.01. The number of ether oxygens (including phenoxy) is 1. The van der Waals surface area contributed by atoms with E-state index in [-0.39, 0.29) is 11.3 Å². The van der Waals surface area contributed by atoms with Crippen LogP contribution in [-0.4, -0.2) is 60.6 Å². The Morgan fingerprint density at radius 2 is 2.36 bits per heavy atom. The number of hydrogen-bond donors (Lipinski definition) is 0. The minimum absolute atomic E-state index is 0.145. The summed E-state index contributed by atoms with van der Waals surface area (Å²) < 4.78 is 5.50. The number of amides is 1. The van der Waals surface area contributed by atoms with Crippen LogP contribution in [0.5, 0.6) is 0 Å². The van der Waals surface area contributed by atoms with Crippen molar-refractivity contribution in [1.82, 2.24) is 14.8 Å². The highest BCUT2D eigenvalue weighted by Gasteiger charge is 2.49. The van der Waals surface area contributed by atoms with Crippen molar-refractivity contribution in [1.29, 1.82) is 0 Å². The van der Waals surface area contributed by atoms with Gasteiger partial charge in [0.05, 0.1) is 6.61 Å². The third-order valence-electron chi connectivity index (χ3n) is 5.22. The number of hydrogen-bond acceptors (Lipinski definition) is 4. The number of likely N-dealkylation sites (tertiary alicyclic amines) is 2. The van der Waals surface area contributed by atoms with Gasteiger partial charge >= 0.3 is 0 Å². The maximum Gasteiger partial charge on any atom is 0.219 e. The van der Waals surface area contributed by atoms with Gasteiger partial charge in [-0.15, -0.1) is 0 Å². The maximum absolute atomic E-state index is 11.8. The molecule has 3 rings (SSSR count). The summed E-state index contributed by atoms with van der Waals surface area (Å²) in [6, 6.07) is 4.11. The molecule has 0 aliphatic carbocycles. The van der Waals surface area contributed by atoms with Crippen LogP contribution in [0.3, 0.4) is 0 Å². The first kappa shape index (κ1) is 15.4. The van der Waals surface area contributed by atoms with Crippen molar-refractivity contribution in [2.45, 2.75) is 19.9 Å². The van der Waals surface area contributed by atoms with E-state index in [4.69, 9.17) is 4.74 Å². The summed E-state index contributed by atoms with van der Waals surface area (Å²) in [6.07, 6.45) is 4.84.